The van der Waals surface area contributed by atoms with Crippen LogP contribution in [0.3, 0.4) is 0 Å². The number of amides is 2. The zero-order valence-electron chi connectivity index (χ0n) is 23.2. The van der Waals surface area contributed by atoms with Crippen LogP contribution in [0.25, 0.3) is 0 Å². The number of carbonyl (C=O) groups excluding carboxylic acids is 2. The van der Waals surface area contributed by atoms with Gasteiger partial charge in [0.05, 0.1) is 19.1 Å². The van der Waals surface area contributed by atoms with Gasteiger partial charge in [0.2, 0.25) is 21.8 Å². The van der Waals surface area contributed by atoms with Crippen LogP contribution in [0.5, 0.6) is 5.75 Å². The van der Waals surface area contributed by atoms with Gasteiger partial charge in [-0.2, -0.15) is 0 Å². The van der Waals surface area contributed by atoms with Crippen LogP contribution in [0, 0.1) is 5.92 Å². The van der Waals surface area contributed by atoms with E-state index in [2.05, 4.69) is 5.32 Å². The van der Waals surface area contributed by atoms with Gasteiger partial charge in [-0.05, 0) is 53.4 Å². The standard InChI is InChI=1S/C30H36ClN3O5S/c1-22(2)19-32-30(36)28(18-23-8-6-5-7-9-23)33(20-24-10-12-25(31)13-11-24)29(35)21-34(40(4,37)38)26-14-16-27(39-3)17-15-26/h5-17,22,28H,18-21H2,1-4H3,(H,32,36). The van der Waals surface area contributed by atoms with Gasteiger partial charge < -0.3 is 15.0 Å². The number of halogens is 1. The molecule has 214 valence electrons. The summed E-state index contributed by atoms with van der Waals surface area (Å²) in [5.41, 5.74) is 1.94. The molecule has 3 aromatic rings. The largest absolute Gasteiger partial charge is 0.497 e. The summed E-state index contributed by atoms with van der Waals surface area (Å²) in [5.74, 6) is -0.0674. The van der Waals surface area contributed by atoms with Gasteiger partial charge in [0.25, 0.3) is 0 Å². The van der Waals surface area contributed by atoms with E-state index in [0.717, 1.165) is 21.7 Å². The molecule has 2 amide bonds. The van der Waals surface area contributed by atoms with Crippen molar-refractivity contribution in [3.05, 3.63) is 95.0 Å². The van der Waals surface area contributed by atoms with Crippen molar-refractivity contribution in [2.45, 2.75) is 32.9 Å². The van der Waals surface area contributed by atoms with Crippen LogP contribution in [0.4, 0.5) is 5.69 Å². The van der Waals surface area contributed by atoms with E-state index in [-0.39, 0.29) is 24.8 Å². The van der Waals surface area contributed by atoms with E-state index >= 15 is 0 Å². The van der Waals surface area contributed by atoms with Gasteiger partial charge in [0, 0.05) is 24.5 Å². The average Bonchev–Trinajstić information content (AvgIpc) is 2.93. The fourth-order valence-electron chi connectivity index (χ4n) is 4.13. The molecular weight excluding hydrogens is 550 g/mol. The second kappa shape index (κ2) is 14.2. The minimum atomic E-state index is -3.84. The molecule has 0 heterocycles. The maximum atomic E-state index is 14.0. The van der Waals surface area contributed by atoms with Gasteiger partial charge in [-0.3, -0.25) is 13.9 Å². The molecule has 0 saturated carbocycles. The van der Waals surface area contributed by atoms with Gasteiger partial charge in [-0.25, -0.2) is 8.42 Å². The Morgan fingerprint density at radius 3 is 2.10 bits per heavy atom. The van der Waals surface area contributed by atoms with Gasteiger partial charge >= 0.3 is 0 Å². The van der Waals surface area contributed by atoms with Crippen molar-refractivity contribution in [3.63, 3.8) is 0 Å². The molecular formula is C30H36ClN3O5S. The smallest absolute Gasteiger partial charge is 0.244 e. The van der Waals surface area contributed by atoms with Crippen molar-refractivity contribution in [3.8, 4) is 5.75 Å². The zero-order chi connectivity index (χ0) is 29.3. The highest BCUT2D eigenvalue weighted by molar-refractivity contribution is 7.92. The van der Waals surface area contributed by atoms with Crippen molar-refractivity contribution < 1.29 is 22.7 Å². The maximum Gasteiger partial charge on any atom is 0.244 e. The Bertz CT molecular complexity index is 1360. The molecule has 40 heavy (non-hydrogen) atoms. The Kier molecular flexibility index (Phi) is 11.0. The molecule has 3 aromatic carbocycles. The molecule has 10 heteroatoms. The van der Waals surface area contributed by atoms with Gasteiger partial charge in [-0.15, -0.1) is 0 Å². The van der Waals surface area contributed by atoms with Gasteiger partial charge in [-0.1, -0.05) is 67.9 Å². The first-order chi connectivity index (χ1) is 19.0. The summed E-state index contributed by atoms with van der Waals surface area (Å²) in [6, 6.07) is 21.9. The van der Waals surface area contributed by atoms with Crippen molar-refractivity contribution >= 4 is 39.1 Å². The minimum absolute atomic E-state index is 0.0861. The highest BCUT2D eigenvalue weighted by Gasteiger charge is 2.33. The summed E-state index contributed by atoms with van der Waals surface area (Å²) in [5, 5.41) is 3.50. The Morgan fingerprint density at radius 2 is 1.55 bits per heavy atom. The fourth-order valence-corrected chi connectivity index (χ4v) is 5.10. The summed E-state index contributed by atoms with van der Waals surface area (Å²) in [6.45, 7) is 4.02. The number of nitrogens with one attached hydrogen (secondary N) is 1. The summed E-state index contributed by atoms with van der Waals surface area (Å²) in [4.78, 5) is 29.1. The summed E-state index contributed by atoms with van der Waals surface area (Å²) in [6.07, 6.45) is 1.30. The fraction of sp³-hybridized carbons (Fsp3) is 0.333. The van der Waals surface area contributed by atoms with Crippen molar-refractivity contribution in [1.29, 1.82) is 0 Å². The lowest BCUT2D eigenvalue weighted by Gasteiger charge is -2.33. The van der Waals surface area contributed by atoms with E-state index in [1.807, 2.05) is 44.2 Å². The molecule has 0 bridgehead atoms. The number of methoxy groups -OCH3 is 1. The molecule has 0 spiro atoms. The molecule has 1 unspecified atom stereocenters. The lowest BCUT2D eigenvalue weighted by atomic mass is 10.0. The first-order valence-electron chi connectivity index (χ1n) is 12.9. The molecule has 0 aliphatic carbocycles. The summed E-state index contributed by atoms with van der Waals surface area (Å²) < 4.78 is 31.9. The van der Waals surface area contributed by atoms with E-state index in [4.69, 9.17) is 16.3 Å². The normalized spacial score (nSPS) is 12.1. The minimum Gasteiger partial charge on any atom is -0.497 e. The van der Waals surface area contributed by atoms with Crippen LogP contribution in [0.1, 0.15) is 25.0 Å². The highest BCUT2D eigenvalue weighted by Crippen LogP contribution is 2.23. The van der Waals surface area contributed by atoms with E-state index in [9.17, 15) is 18.0 Å². The number of anilines is 1. The Morgan fingerprint density at radius 1 is 0.925 bits per heavy atom. The molecule has 3 rings (SSSR count). The SMILES string of the molecule is COc1ccc(N(CC(=O)N(Cc2ccc(Cl)cc2)C(Cc2ccccc2)C(=O)NCC(C)C)S(C)(=O)=O)cc1. The van der Waals surface area contributed by atoms with Crippen LogP contribution in [0.15, 0.2) is 78.9 Å². The number of hydrogen-bond donors (Lipinski definition) is 1. The van der Waals surface area contributed by atoms with E-state index in [1.54, 1.807) is 48.5 Å². The van der Waals surface area contributed by atoms with E-state index in [1.165, 1.54) is 12.0 Å². The number of nitrogens with zero attached hydrogens (tertiary/aromatic N) is 2. The lowest BCUT2D eigenvalue weighted by Crippen LogP contribution is -2.53. The Labute approximate surface area is 241 Å². The number of benzene rings is 3. The number of rotatable bonds is 13. The van der Waals surface area contributed by atoms with Gasteiger partial charge in [0.15, 0.2) is 0 Å². The number of ether oxygens (including phenoxy) is 1. The molecule has 0 radical (unpaired) electrons. The topological polar surface area (TPSA) is 96.0 Å². The van der Waals surface area contributed by atoms with Crippen molar-refractivity contribution in [2.24, 2.45) is 5.92 Å². The first-order valence-corrected chi connectivity index (χ1v) is 15.2. The van der Waals surface area contributed by atoms with Crippen LogP contribution >= 0.6 is 11.6 Å². The predicted molar refractivity (Wildman–Crippen MR) is 159 cm³/mol. The molecule has 8 nitrogen and oxygen atoms in total. The van der Waals surface area contributed by atoms with Crippen molar-refractivity contribution in [2.75, 3.05) is 30.8 Å². The van der Waals surface area contributed by atoms with Gasteiger partial charge in [0.1, 0.15) is 18.3 Å². The third-order valence-corrected chi connectivity index (χ3v) is 7.65. The molecule has 0 aromatic heterocycles. The van der Waals surface area contributed by atoms with E-state index in [0.29, 0.717) is 23.0 Å². The lowest BCUT2D eigenvalue weighted by molar-refractivity contribution is -0.140. The number of carbonyl (C=O) groups is 2. The number of sulfonamides is 1. The van der Waals surface area contributed by atoms with E-state index < -0.39 is 28.5 Å². The first kappa shape index (κ1) is 31.0. The molecule has 0 saturated heterocycles. The average molecular weight is 586 g/mol. The predicted octanol–water partition coefficient (Wildman–Crippen LogP) is 4.53. The molecule has 1 N–H and O–H groups in total. The zero-order valence-corrected chi connectivity index (χ0v) is 24.8. The Hall–Kier alpha value is -3.56. The summed E-state index contributed by atoms with van der Waals surface area (Å²) in [7, 11) is -2.33. The van der Waals surface area contributed by atoms with Crippen LogP contribution < -0.4 is 14.4 Å². The van der Waals surface area contributed by atoms with Crippen molar-refractivity contribution in [1.82, 2.24) is 10.2 Å². The second-order valence-electron chi connectivity index (χ2n) is 9.96. The molecule has 0 fully saturated rings. The Balaban J connectivity index is 2.03. The molecule has 1 atom stereocenters. The third-order valence-electron chi connectivity index (χ3n) is 6.26. The van der Waals surface area contributed by atoms with Crippen LogP contribution in [-0.4, -0.2) is 57.6 Å². The van der Waals surface area contributed by atoms with Crippen LogP contribution in [-0.2, 0) is 32.6 Å². The van der Waals surface area contributed by atoms with Crippen LogP contribution in [0.2, 0.25) is 5.02 Å². The number of hydrogen-bond acceptors (Lipinski definition) is 5. The quantitative estimate of drug-likeness (QED) is 0.318. The third kappa shape index (κ3) is 8.99. The summed E-state index contributed by atoms with van der Waals surface area (Å²) >= 11 is 6.08. The molecule has 0 aliphatic rings. The second-order valence-corrected chi connectivity index (χ2v) is 12.3. The molecule has 0 aliphatic heterocycles. The maximum absolute atomic E-state index is 14.0. The highest BCUT2D eigenvalue weighted by atomic mass is 35.5. The monoisotopic (exact) mass is 585 g/mol.